The summed E-state index contributed by atoms with van der Waals surface area (Å²) in [5.74, 6) is 0. The summed E-state index contributed by atoms with van der Waals surface area (Å²) >= 11 is 0. The Kier molecular flexibility index (Phi) is 1.42. The molecule has 0 bridgehead atoms. The Morgan fingerprint density at radius 2 is 2.20 bits per heavy atom. The lowest BCUT2D eigenvalue weighted by molar-refractivity contribution is 0.466. The molecule has 0 spiro atoms. The molecular formula is C3H7NO. The Morgan fingerprint density at radius 1 is 2.00 bits per heavy atom. The van der Waals surface area contributed by atoms with E-state index in [0.717, 1.165) is 6.26 Å². The first kappa shape index (κ1) is 4.34. The molecule has 0 aliphatic heterocycles. The largest absolute Gasteiger partial charge is 0.514 e. The molecule has 0 aliphatic carbocycles. The monoisotopic (exact) mass is 73.1 g/mol. The molecule has 0 saturated carbocycles. The molecule has 5 heavy (non-hydrogen) atoms. The minimum atomic E-state index is 0.435. The van der Waals surface area contributed by atoms with Gasteiger partial charge in [-0.3, -0.25) is 0 Å². The van der Waals surface area contributed by atoms with Gasteiger partial charge in [0.2, 0.25) is 0 Å². The van der Waals surface area contributed by atoms with E-state index in [9.17, 15) is 0 Å². The Hall–Kier alpha value is -0.660. The van der Waals surface area contributed by atoms with Crippen molar-refractivity contribution in [2.75, 3.05) is 0 Å². The third kappa shape index (κ3) is 3.34. The number of aliphatic hydroxyl groups is 1. The molecule has 3 N–H and O–H groups in total. The molecule has 2 heteroatoms. The van der Waals surface area contributed by atoms with Crippen molar-refractivity contribution < 1.29 is 5.11 Å². The highest BCUT2D eigenvalue weighted by molar-refractivity contribution is 4.81. The molecule has 0 atom stereocenters. The van der Waals surface area contributed by atoms with Gasteiger partial charge in [0.05, 0.1) is 6.26 Å². The highest BCUT2D eigenvalue weighted by Crippen LogP contribution is 1.68. The second-order valence-electron chi connectivity index (χ2n) is 0.873. The molecule has 0 unspecified atom stereocenters. The maximum atomic E-state index is 7.86. The molecule has 0 aromatic heterocycles. The summed E-state index contributed by atoms with van der Waals surface area (Å²) in [7, 11) is 0. The van der Waals surface area contributed by atoms with Crippen LogP contribution in [0.25, 0.3) is 0 Å². The van der Waals surface area contributed by atoms with Crippen molar-refractivity contribution >= 4 is 0 Å². The molecule has 2 nitrogen and oxygen atoms in total. The van der Waals surface area contributed by atoms with Crippen molar-refractivity contribution in [2.45, 2.75) is 6.92 Å². The summed E-state index contributed by atoms with van der Waals surface area (Å²) in [5.41, 5.74) is 5.34. The minimum Gasteiger partial charge on any atom is -0.514 e. The number of rotatable bonds is 0. The van der Waals surface area contributed by atoms with E-state index in [1.54, 1.807) is 6.92 Å². The van der Waals surface area contributed by atoms with Crippen molar-refractivity contribution in [2.24, 2.45) is 5.73 Å². The molecule has 0 rings (SSSR count). The van der Waals surface area contributed by atoms with E-state index in [-0.39, 0.29) is 0 Å². The Labute approximate surface area is 30.9 Å². The summed E-state index contributed by atoms with van der Waals surface area (Å²) < 4.78 is 0. The maximum absolute atomic E-state index is 7.86. The molecule has 0 radical (unpaired) electrons. The van der Waals surface area contributed by atoms with Crippen molar-refractivity contribution in [1.82, 2.24) is 0 Å². The Balaban J connectivity index is 3.14. The van der Waals surface area contributed by atoms with Crippen molar-refractivity contribution in [3.05, 3.63) is 12.0 Å². The predicted molar refractivity (Wildman–Crippen MR) is 20.6 cm³/mol. The van der Waals surface area contributed by atoms with Gasteiger partial charge in [0.25, 0.3) is 0 Å². The van der Waals surface area contributed by atoms with Crippen LogP contribution in [0.15, 0.2) is 12.0 Å². The molecule has 0 aliphatic rings. The summed E-state index contributed by atoms with van der Waals surface area (Å²) in [6.07, 6.45) is 0.861. The average molecular weight is 73.1 g/mol. The van der Waals surface area contributed by atoms with Crippen LogP contribution in [-0.2, 0) is 0 Å². The topological polar surface area (TPSA) is 46.2 Å². The minimum absolute atomic E-state index is 0.435. The van der Waals surface area contributed by atoms with Gasteiger partial charge < -0.3 is 10.8 Å². The van der Waals surface area contributed by atoms with E-state index >= 15 is 0 Å². The summed E-state index contributed by atoms with van der Waals surface area (Å²) in [5, 5.41) is 7.86. The third-order valence-corrected chi connectivity index (χ3v) is 0.204. The SMILES string of the molecule is CC(N)=CO. The number of nitrogens with two attached hydrogens (primary N) is 1. The number of hydrogen-bond donors (Lipinski definition) is 2. The summed E-state index contributed by atoms with van der Waals surface area (Å²) in [4.78, 5) is 0. The standard InChI is InChI=1S/C3H7NO/c1-3(4)2-5/h2,5H,4H2,1H3. The lowest BCUT2D eigenvalue weighted by Gasteiger charge is -1.75. The van der Waals surface area contributed by atoms with Crippen molar-refractivity contribution in [1.29, 1.82) is 0 Å². The highest BCUT2D eigenvalue weighted by Gasteiger charge is 1.62. The lowest BCUT2D eigenvalue weighted by atomic mass is 10.6. The van der Waals surface area contributed by atoms with Crippen LogP contribution in [-0.4, -0.2) is 5.11 Å². The maximum Gasteiger partial charge on any atom is 0.0975 e. The zero-order chi connectivity index (χ0) is 4.28. The molecular weight excluding hydrogens is 66.0 g/mol. The normalized spacial score (nSPS) is 11.8. The van der Waals surface area contributed by atoms with Gasteiger partial charge in [-0.15, -0.1) is 0 Å². The van der Waals surface area contributed by atoms with Gasteiger partial charge >= 0.3 is 0 Å². The van der Waals surface area contributed by atoms with Gasteiger partial charge in [0.15, 0.2) is 0 Å². The lowest BCUT2D eigenvalue weighted by Crippen LogP contribution is -1.87. The quantitative estimate of drug-likeness (QED) is 0.407. The van der Waals surface area contributed by atoms with Crippen LogP contribution in [0.4, 0.5) is 0 Å². The number of hydrogen-bond acceptors (Lipinski definition) is 2. The highest BCUT2D eigenvalue weighted by atomic mass is 16.2. The Morgan fingerprint density at radius 3 is 2.20 bits per heavy atom. The number of allylic oxidation sites excluding steroid dienone is 1. The summed E-state index contributed by atoms with van der Waals surface area (Å²) in [6.45, 7) is 1.61. The first-order valence-corrected chi connectivity index (χ1v) is 1.34. The van der Waals surface area contributed by atoms with E-state index in [2.05, 4.69) is 0 Å². The van der Waals surface area contributed by atoms with E-state index in [0.29, 0.717) is 5.70 Å². The molecule has 0 amide bonds. The van der Waals surface area contributed by atoms with Crippen LogP contribution in [0, 0.1) is 0 Å². The van der Waals surface area contributed by atoms with Crippen molar-refractivity contribution in [3.8, 4) is 0 Å². The zero-order valence-corrected chi connectivity index (χ0v) is 3.10. The first-order valence-electron chi connectivity index (χ1n) is 1.34. The van der Waals surface area contributed by atoms with Crippen LogP contribution < -0.4 is 5.73 Å². The van der Waals surface area contributed by atoms with E-state index in [4.69, 9.17) is 10.8 Å². The molecule has 0 heterocycles. The molecule has 30 valence electrons. The fourth-order valence-electron chi connectivity index (χ4n) is 0. The van der Waals surface area contributed by atoms with Crippen LogP contribution in [0.3, 0.4) is 0 Å². The van der Waals surface area contributed by atoms with E-state index in [1.165, 1.54) is 0 Å². The van der Waals surface area contributed by atoms with Gasteiger partial charge in [0, 0.05) is 5.70 Å². The predicted octanol–water partition coefficient (Wildman–Crippen LogP) is 0.364. The summed E-state index contributed by atoms with van der Waals surface area (Å²) in [6, 6.07) is 0. The second kappa shape index (κ2) is 1.64. The van der Waals surface area contributed by atoms with Crippen LogP contribution >= 0.6 is 0 Å². The van der Waals surface area contributed by atoms with Gasteiger partial charge in [-0.05, 0) is 6.92 Å². The molecule has 0 fully saturated rings. The average Bonchev–Trinajstić information content (AvgIpc) is 1.38. The fourth-order valence-corrected chi connectivity index (χ4v) is 0. The van der Waals surface area contributed by atoms with Gasteiger partial charge in [-0.25, -0.2) is 0 Å². The smallest absolute Gasteiger partial charge is 0.0975 e. The fraction of sp³-hybridized carbons (Fsp3) is 0.333. The van der Waals surface area contributed by atoms with E-state index < -0.39 is 0 Å². The molecule has 0 aromatic carbocycles. The van der Waals surface area contributed by atoms with Crippen LogP contribution in [0.2, 0.25) is 0 Å². The van der Waals surface area contributed by atoms with Crippen molar-refractivity contribution in [3.63, 3.8) is 0 Å². The van der Waals surface area contributed by atoms with Gasteiger partial charge in [-0.2, -0.15) is 0 Å². The van der Waals surface area contributed by atoms with Crippen LogP contribution in [0.1, 0.15) is 6.92 Å². The molecule has 0 saturated heterocycles. The zero-order valence-electron chi connectivity index (χ0n) is 3.10. The van der Waals surface area contributed by atoms with Gasteiger partial charge in [0.1, 0.15) is 0 Å². The Bertz CT molecular complexity index is 44.9. The first-order chi connectivity index (χ1) is 2.27. The molecule has 0 aromatic rings. The second-order valence-corrected chi connectivity index (χ2v) is 0.873. The third-order valence-electron chi connectivity index (χ3n) is 0.204. The van der Waals surface area contributed by atoms with Crippen LogP contribution in [0.5, 0.6) is 0 Å². The van der Waals surface area contributed by atoms with E-state index in [1.807, 2.05) is 0 Å². The number of aliphatic hydroxyl groups excluding tert-OH is 1. The van der Waals surface area contributed by atoms with Gasteiger partial charge in [-0.1, -0.05) is 0 Å².